The van der Waals surface area contributed by atoms with Gasteiger partial charge in [0, 0.05) is 23.7 Å². The fourth-order valence-corrected chi connectivity index (χ4v) is 15.5. The van der Waals surface area contributed by atoms with E-state index in [9.17, 15) is 13.2 Å². The number of nitrogens with zero attached hydrogens (tertiary/aromatic N) is 2. The van der Waals surface area contributed by atoms with Crippen molar-refractivity contribution in [3.63, 3.8) is 0 Å². The lowest BCUT2D eigenvalue weighted by Crippen LogP contribution is -2.51. The Kier molecular flexibility index (Phi) is 13.1. The molecule has 2 heterocycles. The molecular weight excluding hydrogens is 692 g/mol. The van der Waals surface area contributed by atoms with Crippen molar-refractivity contribution < 1.29 is 26.2 Å². The van der Waals surface area contributed by atoms with Crippen molar-refractivity contribution >= 4 is 61.5 Å². The van der Waals surface area contributed by atoms with Gasteiger partial charge in [-0.05, 0) is 60.6 Å². The van der Waals surface area contributed by atoms with Gasteiger partial charge in [-0.3, -0.25) is 8.98 Å². The lowest BCUT2D eigenvalue weighted by Gasteiger charge is -2.45. The van der Waals surface area contributed by atoms with Gasteiger partial charge in [-0.1, -0.05) is 73.9 Å². The molecule has 4 atom stereocenters. The Morgan fingerprint density at radius 2 is 1.70 bits per heavy atom. The number of carbonyl (C=O) groups is 1. The molecule has 3 N–H and O–H groups in total. The topological polar surface area (TPSA) is 143 Å². The van der Waals surface area contributed by atoms with Crippen LogP contribution in [0.25, 0.3) is 0 Å². The molecule has 0 saturated heterocycles. The molecule has 1 aliphatic carbocycles. The summed E-state index contributed by atoms with van der Waals surface area (Å²) in [5.74, 6) is -0.0639. The lowest BCUT2D eigenvalue weighted by molar-refractivity contribution is 0.103. The highest BCUT2D eigenvalue weighted by atomic mass is 35.5. The van der Waals surface area contributed by atoms with Crippen molar-refractivity contribution in [1.82, 2.24) is 9.97 Å². The number of anilines is 1. The smallest absolute Gasteiger partial charge is 0.333 e. The average Bonchev–Trinajstić information content (AvgIpc) is 3.51. The van der Waals surface area contributed by atoms with Crippen molar-refractivity contribution in [2.24, 2.45) is 11.1 Å². The first-order valence-electron chi connectivity index (χ1n) is 16.4. The third kappa shape index (κ3) is 9.51. The Hall–Kier alpha value is -1.24. The monoisotopic (exact) mass is 746 g/mol. The molecule has 3 rings (SSSR count). The number of nitrogens with two attached hydrogens (primary N) is 1. The largest absolute Gasteiger partial charge is 0.413 e. The zero-order chi connectivity index (χ0) is 35.7. The average molecular weight is 748 g/mol. The molecule has 266 valence electrons. The van der Waals surface area contributed by atoms with Gasteiger partial charge in [-0.15, -0.1) is 11.3 Å². The maximum absolute atomic E-state index is 13.9. The summed E-state index contributed by atoms with van der Waals surface area (Å²) in [4.78, 5) is 23.0. The first kappa shape index (κ1) is 40.2. The number of halogens is 1. The third-order valence-corrected chi connectivity index (χ3v) is 22.6. The molecule has 0 aromatic carbocycles. The summed E-state index contributed by atoms with van der Waals surface area (Å²) in [6.45, 7) is 26.1. The zero-order valence-electron chi connectivity index (χ0n) is 30.0. The van der Waals surface area contributed by atoms with Crippen LogP contribution in [0.3, 0.4) is 0 Å². The molecule has 0 radical (unpaired) electrons. The summed E-state index contributed by atoms with van der Waals surface area (Å²) >= 11 is 7.91. The van der Waals surface area contributed by atoms with Gasteiger partial charge in [0.2, 0.25) is 14.1 Å². The van der Waals surface area contributed by atoms with E-state index in [1.165, 1.54) is 23.9 Å². The van der Waals surface area contributed by atoms with E-state index >= 15 is 0 Å². The number of thiophene rings is 1. The summed E-state index contributed by atoms with van der Waals surface area (Å²) in [5, 5.41) is 8.70. The van der Waals surface area contributed by atoms with Crippen LogP contribution in [-0.4, -0.2) is 59.6 Å². The number of nitrogens with one attached hydrogen (secondary N) is 1. The molecule has 1 saturated carbocycles. The minimum atomic E-state index is -4.12. The van der Waals surface area contributed by atoms with Crippen molar-refractivity contribution in [3.05, 3.63) is 38.9 Å². The molecule has 0 spiro atoms. The summed E-state index contributed by atoms with van der Waals surface area (Å²) in [6.07, 6.45) is 3.53. The highest BCUT2D eigenvalue weighted by Gasteiger charge is 2.49. The fourth-order valence-electron chi connectivity index (χ4n) is 6.77. The second-order valence-electron chi connectivity index (χ2n) is 15.3. The van der Waals surface area contributed by atoms with Gasteiger partial charge >= 0.3 is 10.3 Å². The number of rotatable bonds is 15. The number of ketones is 1. The first-order chi connectivity index (χ1) is 21.5. The van der Waals surface area contributed by atoms with E-state index in [0.29, 0.717) is 50.1 Å². The summed E-state index contributed by atoms with van der Waals surface area (Å²) in [7, 11) is -8.50. The Morgan fingerprint density at radius 1 is 1.11 bits per heavy atom. The van der Waals surface area contributed by atoms with Crippen LogP contribution in [0.1, 0.15) is 109 Å². The maximum Gasteiger partial charge on any atom is 0.333 e. The van der Waals surface area contributed by atoms with Crippen molar-refractivity contribution in [2.75, 3.05) is 11.9 Å². The molecule has 0 unspecified atom stereocenters. The van der Waals surface area contributed by atoms with E-state index in [1.807, 2.05) is 13.0 Å². The Labute approximate surface area is 293 Å². The molecule has 0 aliphatic heterocycles. The van der Waals surface area contributed by atoms with Crippen molar-refractivity contribution in [2.45, 2.75) is 135 Å². The van der Waals surface area contributed by atoms with Crippen LogP contribution in [0, 0.1) is 5.92 Å². The first-order valence-corrected chi connectivity index (χ1v) is 24.1. The van der Waals surface area contributed by atoms with Gasteiger partial charge in [0.25, 0.3) is 0 Å². The predicted molar refractivity (Wildman–Crippen MR) is 197 cm³/mol. The van der Waals surface area contributed by atoms with E-state index in [1.54, 1.807) is 0 Å². The third-order valence-electron chi connectivity index (χ3n) is 10.1. The quantitative estimate of drug-likeness (QED) is 0.136. The number of carbonyl (C=O) groups excluding carboxylic acids is 1. The van der Waals surface area contributed by atoms with Crippen LogP contribution >= 0.6 is 22.9 Å². The molecule has 0 amide bonds. The highest BCUT2D eigenvalue weighted by molar-refractivity contribution is 7.84. The van der Waals surface area contributed by atoms with Crippen LogP contribution in [0.4, 0.5) is 5.82 Å². The minimum Gasteiger partial charge on any atom is -0.413 e. The van der Waals surface area contributed by atoms with Gasteiger partial charge in [0.05, 0.1) is 33.6 Å². The van der Waals surface area contributed by atoms with Crippen LogP contribution in [0.15, 0.2) is 18.6 Å². The molecule has 10 nitrogen and oxygen atoms in total. The van der Waals surface area contributed by atoms with E-state index in [2.05, 4.69) is 90.7 Å². The number of hydrogen-bond donors (Lipinski definition) is 2. The van der Waals surface area contributed by atoms with Gasteiger partial charge in [0.15, 0.2) is 8.32 Å². The molecular formula is C32H55ClN4O6S2Si2. The number of aromatic nitrogens is 2. The van der Waals surface area contributed by atoms with Crippen LogP contribution in [0.5, 0.6) is 0 Å². The van der Waals surface area contributed by atoms with E-state index < -0.39 is 26.9 Å². The molecule has 1 aliphatic rings. The van der Waals surface area contributed by atoms with Gasteiger partial charge in [0.1, 0.15) is 12.1 Å². The summed E-state index contributed by atoms with van der Waals surface area (Å²) < 4.78 is 42.8. The normalized spacial score (nSPS) is 20.4. The van der Waals surface area contributed by atoms with Crippen molar-refractivity contribution in [3.8, 4) is 0 Å². The second-order valence-corrected chi connectivity index (χ2v) is 28.3. The molecule has 15 heteroatoms. The Morgan fingerprint density at radius 3 is 2.23 bits per heavy atom. The van der Waals surface area contributed by atoms with E-state index in [0.717, 1.165) is 5.56 Å². The van der Waals surface area contributed by atoms with E-state index in [4.69, 9.17) is 29.8 Å². The minimum absolute atomic E-state index is 0.0282. The SMILES string of the molecule is CC(C)[Si](O[C@H]1C[C@H](Nc2ncncc2C(=O)c2cc([C@@H](C)O[Si](C)(C)C(C)(C)C)c(Cl)s2)C[C@@H]1COS(N)(=O)=O)(C(C)C)C(C)C. The molecule has 2 aromatic heterocycles. The fraction of sp³-hybridized carbons (Fsp3) is 0.719. The molecule has 0 bridgehead atoms. The van der Waals surface area contributed by atoms with Crippen molar-refractivity contribution in [1.29, 1.82) is 0 Å². The molecule has 47 heavy (non-hydrogen) atoms. The van der Waals surface area contributed by atoms with Gasteiger partial charge in [-0.2, -0.15) is 8.42 Å². The van der Waals surface area contributed by atoms with E-state index in [-0.39, 0.29) is 41.6 Å². The summed E-state index contributed by atoms with van der Waals surface area (Å²) in [6, 6.07) is 1.66. The van der Waals surface area contributed by atoms with Crippen LogP contribution in [-0.2, 0) is 23.3 Å². The Bertz CT molecular complexity index is 1470. The molecule has 1 fully saturated rings. The predicted octanol–water partition coefficient (Wildman–Crippen LogP) is 8.48. The Balaban J connectivity index is 1.88. The lowest BCUT2D eigenvalue weighted by atomic mass is 10.1. The number of hydrogen-bond acceptors (Lipinski definition) is 10. The van der Waals surface area contributed by atoms with Crippen LogP contribution < -0.4 is 10.5 Å². The zero-order valence-corrected chi connectivity index (χ0v) is 34.4. The van der Waals surface area contributed by atoms with Crippen LogP contribution in [0.2, 0.25) is 39.1 Å². The summed E-state index contributed by atoms with van der Waals surface area (Å²) in [5.41, 5.74) is 2.15. The highest BCUT2D eigenvalue weighted by Crippen LogP contribution is 2.46. The maximum atomic E-state index is 13.9. The van der Waals surface area contributed by atoms with Gasteiger partial charge < -0.3 is 14.2 Å². The molecule has 2 aromatic rings. The standard InChI is InChI=1S/C32H55ClN4O6S2Si2/c1-19(2)47(20(3)4,21(5)6)43-27-14-24(13-23(27)17-41-45(34,39)40)37-31-26(16-35-18-36-31)29(38)28-15-25(30(33)44-28)22(7)42-46(11,12)32(8,9)10/h15-16,18-24,27H,13-14,17H2,1-12H3,(H2,34,39,40)(H,35,36,37)/t22-,23-,24-,27+/m1/s1. The van der Waals surface area contributed by atoms with Gasteiger partial charge in [-0.25, -0.2) is 15.1 Å². The second kappa shape index (κ2) is 15.3.